The molecule has 0 aliphatic carbocycles. The molecular formula is C15H18N4OS. The molecule has 0 saturated carbocycles. The fraction of sp³-hybridized carbons (Fsp3) is 0.333. The Labute approximate surface area is 127 Å². The summed E-state index contributed by atoms with van der Waals surface area (Å²) >= 11 is 1.67. The van der Waals surface area contributed by atoms with Crippen LogP contribution >= 0.6 is 11.3 Å². The SMILES string of the molecule is CCn1c(C(=O)NCCCn2cccn2)cc2sccc21. The maximum Gasteiger partial charge on any atom is 0.267 e. The minimum atomic E-state index is 0.000662. The van der Waals surface area contributed by atoms with E-state index in [1.165, 1.54) is 4.70 Å². The molecule has 0 saturated heterocycles. The van der Waals surface area contributed by atoms with Crippen LogP contribution < -0.4 is 5.32 Å². The van der Waals surface area contributed by atoms with E-state index in [0.29, 0.717) is 6.54 Å². The largest absolute Gasteiger partial charge is 0.351 e. The summed E-state index contributed by atoms with van der Waals surface area (Å²) in [7, 11) is 0. The highest BCUT2D eigenvalue weighted by molar-refractivity contribution is 7.17. The van der Waals surface area contributed by atoms with Crippen LogP contribution in [0, 0.1) is 0 Å². The average Bonchev–Trinajstić information content (AvgIpc) is 3.18. The third kappa shape index (κ3) is 2.85. The number of aromatic nitrogens is 3. The van der Waals surface area contributed by atoms with Crippen LogP contribution in [0.1, 0.15) is 23.8 Å². The Morgan fingerprint density at radius 2 is 2.38 bits per heavy atom. The minimum Gasteiger partial charge on any atom is -0.351 e. The molecule has 110 valence electrons. The van der Waals surface area contributed by atoms with E-state index >= 15 is 0 Å². The second-order valence-electron chi connectivity index (χ2n) is 4.82. The Kier molecular flexibility index (Phi) is 4.06. The number of nitrogens with zero attached hydrogens (tertiary/aromatic N) is 3. The second kappa shape index (κ2) is 6.13. The van der Waals surface area contributed by atoms with Crippen LogP contribution in [-0.4, -0.2) is 26.8 Å². The second-order valence-corrected chi connectivity index (χ2v) is 5.77. The minimum absolute atomic E-state index is 0.000662. The van der Waals surface area contributed by atoms with Gasteiger partial charge in [0.25, 0.3) is 5.91 Å². The quantitative estimate of drug-likeness (QED) is 0.712. The van der Waals surface area contributed by atoms with Crippen molar-refractivity contribution in [1.29, 1.82) is 0 Å². The van der Waals surface area contributed by atoms with Gasteiger partial charge in [0.1, 0.15) is 5.69 Å². The maximum absolute atomic E-state index is 12.3. The molecule has 0 bridgehead atoms. The lowest BCUT2D eigenvalue weighted by molar-refractivity contribution is 0.0944. The molecule has 0 fully saturated rings. The topological polar surface area (TPSA) is 51.9 Å². The number of thiophene rings is 1. The zero-order valence-corrected chi connectivity index (χ0v) is 12.8. The van der Waals surface area contributed by atoms with Crippen molar-refractivity contribution >= 4 is 27.5 Å². The summed E-state index contributed by atoms with van der Waals surface area (Å²) in [5.41, 5.74) is 1.89. The van der Waals surface area contributed by atoms with Crippen LogP contribution in [0.3, 0.4) is 0 Å². The molecule has 0 radical (unpaired) electrons. The summed E-state index contributed by atoms with van der Waals surface area (Å²) in [4.78, 5) is 12.3. The van der Waals surface area contributed by atoms with Gasteiger partial charge < -0.3 is 9.88 Å². The van der Waals surface area contributed by atoms with E-state index in [1.807, 2.05) is 23.0 Å². The molecule has 0 spiro atoms. The number of hydrogen-bond acceptors (Lipinski definition) is 3. The molecule has 0 aliphatic heterocycles. The van der Waals surface area contributed by atoms with Crippen LogP contribution in [0.2, 0.25) is 0 Å². The summed E-state index contributed by atoms with van der Waals surface area (Å²) in [6.45, 7) is 4.33. The number of rotatable bonds is 6. The summed E-state index contributed by atoms with van der Waals surface area (Å²) in [6, 6.07) is 5.95. The molecule has 0 atom stereocenters. The van der Waals surface area contributed by atoms with E-state index in [2.05, 4.69) is 33.4 Å². The van der Waals surface area contributed by atoms with E-state index in [-0.39, 0.29) is 5.91 Å². The van der Waals surface area contributed by atoms with Crippen molar-refractivity contribution in [1.82, 2.24) is 19.7 Å². The van der Waals surface area contributed by atoms with Gasteiger partial charge in [-0.2, -0.15) is 5.10 Å². The van der Waals surface area contributed by atoms with Crippen LogP contribution in [-0.2, 0) is 13.1 Å². The first-order valence-electron chi connectivity index (χ1n) is 7.12. The number of hydrogen-bond donors (Lipinski definition) is 1. The molecular weight excluding hydrogens is 284 g/mol. The molecule has 5 nitrogen and oxygen atoms in total. The van der Waals surface area contributed by atoms with E-state index in [1.54, 1.807) is 17.5 Å². The Bertz CT molecular complexity index is 726. The Hall–Kier alpha value is -2.08. The molecule has 6 heteroatoms. The van der Waals surface area contributed by atoms with Crippen molar-refractivity contribution in [3.8, 4) is 0 Å². The number of aryl methyl sites for hydroxylation is 2. The highest BCUT2D eigenvalue weighted by Gasteiger charge is 2.14. The first-order valence-corrected chi connectivity index (χ1v) is 8.00. The van der Waals surface area contributed by atoms with Gasteiger partial charge in [-0.3, -0.25) is 9.48 Å². The van der Waals surface area contributed by atoms with Crippen LogP contribution in [0.15, 0.2) is 36.0 Å². The molecule has 0 unspecified atom stereocenters. The third-order valence-corrected chi connectivity index (χ3v) is 4.33. The van der Waals surface area contributed by atoms with E-state index in [9.17, 15) is 4.79 Å². The maximum atomic E-state index is 12.3. The summed E-state index contributed by atoms with van der Waals surface area (Å²) < 4.78 is 5.10. The highest BCUT2D eigenvalue weighted by Crippen LogP contribution is 2.25. The fourth-order valence-electron chi connectivity index (χ4n) is 2.47. The highest BCUT2D eigenvalue weighted by atomic mass is 32.1. The summed E-state index contributed by atoms with van der Waals surface area (Å²) in [6.07, 6.45) is 4.56. The van der Waals surface area contributed by atoms with Crippen LogP contribution in [0.25, 0.3) is 10.2 Å². The van der Waals surface area contributed by atoms with Gasteiger partial charge in [0.2, 0.25) is 0 Å². The van der Waals surface area contributed by atoms with Crippen molar-refractivity contribution in [2.75, 3.05) is 6.54 Å². The molecule has 0 aliphatic rings. The molecule has 0 aromatic carbocycles. The van der Waals surface area contributed by atoms with Crippen molar-refractivity contribution in [2.45, 2.75) is 26.4 Å². The zero-order valence-electron chi connectivity index (χ0n) is 12.0. The first-order chi connectivity index (χ1) is 10.3. The Balaban J connectivity index is 1.60. The van der Waals surface area contributed by atoms with E-state index < -0.39 is 0 Å². The predicted molar refractivity (Wildman–Crippen MR) is 84.7 cm³/mol. The van der Waals surface area contributed by atoms with Gasteiger partial charge in [-0.05, 0) is 36.9 Å². The van der Waals surface area contributed by atoms with Crippen LogP contribution in [0.4, 0.5) is 0 Å². The normalized spacial score (nSPS) is 11.1. The third-order valence-electron chi connectivity index (χ3n) is 3.48. The van der Waals surface area contributed by atoms with E-state index in [4.69, 9.17) is 0 Å². The number of carbonyl (C=O) groups excluding carboxylic acids is 1. The van der Waals surface area contributed by atoms with E-state index in [0.717, 1.165) is 30.7 Å². The zero-order chi connectivity index (χ0) is 14.7. The van der Waals surface area contributed by atoms with Crippen molar-refractivity contribution in [2.24, 2.45) is 0 Å². The van der Waals surface area contributed by atoms with Gasteiger partial charge in [-0.25, -0.2) is 0 Å². The first kappa shape index (κ1) is 13.9. The molecule has 1 N–H and O–H groups in total. The standard InChI is InChI=1S/C15H18N4OS/c1-2-19-12-5-10-21-14(12)11-13(19)15(20)16-6-3-8-18-9-4-7-17-18/h4-5,7,9-11H,2-3,6,8H2,1H3,(H,16,20). The smallest absolute Gasteiger partial charge is 0.267 e. The van der Waals surface area contributed by atoms with Crippen molar-refractivity contribution in [3.05, 3.63) is 41.7 Å². The van der Waals surface area contributed by atoms with Gasteiger partial charge >= 0.3 is 0 Å². The number of nitrogens with one attached hydrogen (secondary N) is 1. The Morgan fingerprint density at radius 1 is 1.48 bits per heavy atom. The van der Waals surface area contributed by atoms with Crippen molar-refractivity contribution in [3.63, 3.8) is 0 Å². The lowest BCUT2D eigenvalue weighted by atomic mass is 10.3. The molecule has 1 amide bonds. The van der Waals surface area contributed by atoms with Gasteiger partial charge in [-0.15, -0.1) is 11.3 Å². The monoisotopic (exact) mass is 302 g/mol. The number of carbonyl (C=O) groups is 1. The van der Waals surface area contributed by atoms with Crippen molar-refractivity contribution < 1.29 is 4.79 Å². The lowest BCUT2D eigenvalue weighted by Crippen LogP contribution is -2.27. The van der Waals surface area contributed by atoms with Gasteiger partial charge in [0.05, 0.1) is 10.2 Å². The summed E-state index contributed by atoms with van der Waals surface area (Å²) in [5, 5.41) is 9.19. The van der Waals surface area contributed by atoms with Gasteiger partial charge in [0.15, 0.2) is 0 Å². The number of fused-ring (bicyclic) bond motifs is 1. The molecule has 3 rings (SSSR count). The van der Waals surface area contributed by atoms with Crippen LogP contribution in [0.5, 0.6) is 0 Å². The van der Waals surface area contributed by atoms with Gasteiger partial charge in [-0.1, -0.05) is 0 Å². The number of amides is 1. The summed E-state index contributed by atoms with van der Waals surface area (Å²) in [5.74, 6) is 0.000662. The Morgan fingerprint density at radius 3 is 3.14 bits per heavy atom. The molecule has 3 aromatic heterocycles. The molecule has 21 heavy (non-hydrogen) atoms. The molecule has 3 heterocycles. The molecule has 3 aromatic rings. The predicted octanol–water partition coefficient (Wildman–Crippen LogP) is 2.74. The van der Waals surface area contributed by atoms with Gasteiger partial charge in [0, 0.05) is 32.0 Å². The average molecular weight is 302 g/mol. The fourth-order valence-corrected chi connectivity index (χ4v) is 3.29. The lowest BCUT2D eigenvalue weighted by Gasteiger charge is -2.08.